The molecule has 104 valence electrons. The van der Waals surface area contributed by atoms with Gasteiger partial charge >= 0.3 is 0 Å². The molecule has 1 amide bonds. The van der Waals surface area contributed by atoms with Gasteiger partial charge in [-0.3, -0.25) is 4.79 Å². The van der Waals surface area contributed by atoms with Crippen LogP contribution < -0.4 is 5.32 Å². The van der Waals surface area contributed by atoms with Gasteiger partial charge in [0.2, 0.25) is 5.91 Å². The number of nitrogens with zero attached hydrogens (tertiary/aromatic N) is 1. The lowest BCUT2D eigenvalue weighted by atomic mass is 9.97. The lowest BCUT2D eigenvalue weighted by Gasteiger charge is -2.33. The Morgan fingerprint density at radius 2 is 2.22 bits per heavy atom. The van der Waals surface area contributed by atoms with Crippen LogP contribution in [0.2, 0.25) is 0 Å². The van der Waals surface area contributed by atoms with Gasteiger partial charge in [0.05, 0.1) is 19.1 Å². The predicted octanol–water partition coefficient (Wildman–Crippen LogP) is 0.250. The van der Waals surface area contributed by atoms with E-state index in [4.69, 9.17) is 9.47 Å². The number of piperidine rings is 1. The number of carbonyl (C=O) groups is 1. The largest absolute Gasteiger partial charge is 0.384 e. The zero-order valence-corrected chi connectivity index (χ0v) is 11.2. The maximum atomic E-state index is 12.1. The van der Waals surface area contributed by atoms with Crippen LogP contribution in [-0.4, -0.2) is 63.4 Å². The van der Waals surface area contributed by atoms with E-state index in [0.717, 1.165) is 45.6 Å². The summed E-state index contributed by atoms with van der Waals surface area (Å²) in [5, 5.41) is 3.25. The molecule has 0 aliphatic carbocycles. The van der Waals surface area contributed by atoms with Gasteiger partial charge in [0.25, 0.3) is 0 Å². The molecule has 2 heterocycles. The molecule has 5 nitrogen and oxygen atoms in total. The van der Waals surface area contributed by atoms with Crippen LogP contribution in [0.4, 0.5) is 0 Å². The van der Waals surface area contributed by atoms with Crippen LogP contribution in [-0.2, 0) is 14.3 Å². The van der Waals surface area contributed by atoms with E-state index in [9.17, 15) is 4.79 Å². The summed E-state index contributed by atoms with van der Waals surface area (Å²) >= 11 is 0. The average Bonchev–Trinajstić information content (AvgIpc) is 2.41. The van der Waals surface area contributed by atoms with Crippen molar-refractivity contribution in [2.75, 3.05) is 46.5 Å². The fraction of sp³-hybridized carbons (Fsp3) is 0.923. The Balaban J connectivity index is 1.70. The number of morpholine rings is 1. The molecule has 2 rings (SSSR count). The first-order valence-corrected chi connectivity index (χ1v) is 6.88. The molecule has 0 bridgehead atoms. The number of rotatable bonds is 4. The molecule has 0 aromatic heterocycles. The summed E-state index contributed by atoms with van der Waals surface area (Å²) in [7, 11) is 1.74. The van der Waals surface area contributed by atoms with E-state index < -0.39 is 0 Å². The topological polar surface area (TPSA) is 50.8 Å². The highest BCUT2D eigenvalue weighted by atomic mass is 16.5. The fourth-order valence-corrected chi connectivity index (χ4v) is 2.66. The molecule has 2 saturated heterocycles. The Kier molecular flexibility index (Phi) is 5.41. The van der Waals surface area contributed by atoms with Gasteiger partial charge in [-0.25, -0.2) is 0 Å². The Morgan fingerprint density at radius 1 is 1.44 bits per heavy atom. The Hall–Kier alpha value is -0.650. The minimum Gasteiger partial charge on any atom is -0.384 e. The molecular weight excluding hydrogens is 232 g/mol. The quantitative estimate of drug-likeness (QED) is 0.783. The van der Waals surface area contributed by atoms with Crippen LogP contribution in [0.1, 0.15) is 19.3 Å². The number of hydrogen-bond acceptors (Lipinski definition) is 4. The summed E-state index contributed by atoms with van der Waals surface area (Å²) in [6, 6.07) is 0. The molecule has 2 aliphatic rings. The Morgan fingerprint density at radius 3 is 2.83 bits per heavy atom. The first-order chi connectivity index (χ1) is 8.79. The second kappa shape index (κ2) is 7.07. The van der Waals surface area contributed by atoms with Crippen LogP contribution >= 0.6 is 0 Å². The number of amides is 1. The highest BCUT2D eigenvalue weighted by molar-refractivity contribution is 5.76. The van der Waals surface area contributed by atoms with Crippen molar-refractivity contribution in [1.82, 2.24) is 10.2 Å². The van der Waals surface area contributed by atoms with Crippen LogP contribution in [0.15, 0.2) is 0 Å². The maximum Gasteiger partial charge on any atom is 0.225 e. The van der Waals surface area contributed by atoms with E-state index in [2.05, 4.69) is 5.32 Å². The van der Waals surface area contributed by atoms with E-state index in [1.807, 2.05) is 4.90 Å². The van der Waals surface area contributed by atoms with Crippen LogP contribution in [0, 0.1) is 5.92 Å². The van der Waals surface area contributed by atoms with Crippen molar-refractivity contribution in [3.8, 4) is 0 Å². The molecule has 1 N–H and O–H groups in total. The maximum absolute atomic E-state index is 12.1. The van der Waals surface area contributed by atoms with Gasteiger partial charge in [0, 0.05) is 39.9 Å². The number of likely N-dealkylation sites (tertiary alicyclic amines) is 1. The van der Waals surface area contributed by atoms with E-state index in [1.165, 1.54) is 0 Å². The molecule has 2 fully saturated rings. The molecule has 5 heteroatoms. The number of nitrogens with one attached hydrogen (secondary N) is 1. The zero-order chi connectivity index (χ0) is 12.8. The summed E-state index contributed by atoms with van der Waals surface area (Å²) in [5.41, 5.74) is 0. The number of hydrogen-bond donors (Lipinski definition) is 1. The van der Waals surface area contributed by atoms with Crippen molar-refractivity contribution in [1.29, 1.82) is 0 Å². The Bertz CT molecular complexity index is 259. The van der Waals surface area contributed by atoms with E-state index in [-0.39, 0.29) is 12.0 Å². The molecule has 0 spiro atoms. The minimum atomic E-state index is 0.0583. The van der Waals surface area contributed by atoms with Crippen molar-refractivity contribution >= 4 is 5.91 Å². The highest BCUT2D eigenvalue weighted by Crippen LogP contribution is 2.18. The number of methoxy groups -OCH3 is 1. The lowest BCUT2D eigenvalue weighted by molar-refractivity contribution is -0.136. The van der Waals surface area contributed by atoms with Gasteiger partial charge in [-0.05, 0) is 18.8 Å². The van der Waals surface area contributed by atoms with Gasteiger partial charge in [-0.15, -0.1) is 0 Å². The first-order valence-electron chi connectivity index (χ1n) is 6.88. The van der Waals surface area contributed by atoms with Crippen molar-refractivity contribution in [2.45, 2.75) is 25.4 Å². The molecule has 0 aromatic carbocycles. The summed E-state index contributed by atoms with van der Waals surface area (Å²) in [6.45, 7) is 4.96. The van der Waals surface area contributed by atoms with Crippen molar-refractivity contribution in [2.24, 2.45) is 5.92 Å². The molecule has 0 saturated carbocycles. The molecule has 0 radical (unpaired) electrons. The summed E-state index contributed by atoms with van der Waals surface area (Å²) in [4.78, 5) is 14.1. The predicted molar refractivity (Wildman–Crippen MR) is 68.4 cm³/mol. The van der Waals surface area contributed by atoms with Gasteiger partial charge < -0.3 is 19.7 Å². The minimum absolute atomic E-state index is 0.0583. The van der Waals surface area contributed by atoms with Crippen molar-refractivity contribution < 1.29 is 14.3 Å². The summed E-state index contributed by atoms with van der Waals surface area (Å²) in [6.07, 6.45) is 2.69. The third kappa shape index (κ3) is 3.93. The van der Waals surface area contributed by atoms with Gasteiger partial charge in [0.1, 0.15) is 0 Å². The smallest absolute Gasteiger partial charge is 0.225 e. The van der Waals surface area contributed by atoms with E-state index in [1.54, 1.807) is 7.11 Å². The van der Waals surface area contributed by atoms with Gasteiger partial charge in [0.15, 0.2) is 0 Å². The molecule has 18 heavy (non-hydrogen) atoms. The van der Waals surface area contributed by atoms with Gasteiger partial charge in [-0.2, -0.15) is 0 Å². The molecule has 1 atom stereocenters. The van der Waals surface area contributed by atoms with Crippen molar-refractivity contribution in [3.63, 3.8) is 0 Å². The van der Waals surface area contributed by atoms with E-state index >= 15 is 0 Å². The first kappa shape index (κ1) is 13.8. The molecular formula is C13H24N2O3. The van der Waals surface area contributed by atoms with Crippen molar-refractivity contribution in [3.05, 3.63) is 0 Å². The third-order valence-corrected chi connectivity index (χ3v) is 3.78. The van der Waals surface area contributed by atoms with Crippen LogP contribution in [0.5, 0.6) is 0 Å². The molecule has 0 aromatic rings. The van der Waals surface area contributed by atoms with Gasteiger partial charge in [-0.1, -0.05) is 0 Å². The molecule has 2 aliphatic heterocycles. The Labute approximate surface area is 109 Å². The average molecular weight is 256 g/mol. The normalized spacial score (nSPS) is 26.3. The monoisotopic (exact) mass is 256 g/mol. The highest BCUT2D eigenvalue weighted by Gasteiger charge is 2.25. The summed E-state index contributed by atoms with van der Waals surface area (Å²) in [5.74, 6) is 0.853. The standard InChI is InChI=1S/C13H24N2O3/c1-17-10-11-2-5-15(6-3-11)13(16)8-12-9-14-4-7-18-12/h11-12,14H,2-10H2,1H3/t12-/m1/s1. The number of carbonyl (C=O) groups excluding carboxylic acids is 1. The number of ether oxygens (including phenoxy) is 2. The third-order valence-electron chi connectivity index (χ3n) is 3.78. The second-order valence-corrected chi connectivity index (χ2v) is 5.18. The van der Waals surface area contributed by atoms with E-state index in [0.29, 0.717) is 18.9 Å². The second-order valence-electron chi connectivity index (χ2n) is 5.18. The molecule has 0 unspecified atom stereocenters. The van der Waals surface area contributed by atoms with Crippen LogP contribution in [0.3, 0.4) is 0 Å². The van der Waals surface area contributed by atoms with Crippen LogP contribution in [0.25, 0.3) is 0 Å². The lowest BCUT2D eigenvalue weighted by Crippen LogP contribution is -2.44. The summed E-state index contributed by atoms with van der Waals surface area (Å²) < 4.78 is 10.7. The zero-order valence-electron chi connectivity index (χ0n) is 11.2. The fourth-order valence-electron chi connectivity index (χ4n) is 2.66. The SMILES string of the molecule is COCC1CCN(C(=O)C[C@@H]2CNCCO2)CC1.